The molecule has 1 aromatic rings. The smallest absolute Gasteiger partial charge is 0.348 e. The van der Waals surface area contributed by atoms with Gasteiger partial charge >= 0.3 is 11.9 Å². The lowest BCUT2D eigenvalue weighted by molar-refractivity contribution is -0.222. The lowest BCUT2D eigenvalue weighted by Crippen LogP contribution is -2.41. The molecule has 1 aliphatic carbocycles. The number of carbonyl (C=O) groups excluding carboxylic acids is 2. The van der Waals surface area contributed by atoms with Gasteiger partial charge in [0.05, 0.1) is 12.7 Å². The van der Waals surface area contributed by atoms with Gasteiger partial charge in [0.15, 0.2) is 0 Å². The normalized spacial score (nSPS) is 20.5. The van der Waals surface area contributed by atoms with Crippen molar-refractivity contribution >= 4 is 18.0 Å². The molecule has 0 aromatic heterocycles. The summed E-state index contributed by atoms with van der Waals surface area (Å²) < 4.78 is 29.8. The molecule has 1 aromatic carbocycles. The van der Waals surface area contributed by atoms with Crippen molar-refractivity contribution in [2.24, 2.45) is 0 Å². The minimum absolute atomic E-state index is 0.165. The van der Waals surface area contributed by atoms with E-state index in [1.807, 2.05) is 0 Å². The highest BCUT2D eigenvalue weighted by Crippen LogP contribution is 2.26. The first-order chi connectivity index (χ1) is 12.3. The summed E-state index contributed by atoms with van der Waals surface area (Å²) in [6.45, 7) is 3.19. The highest BCUT2D eigenvalue weighted by Gasteiger charge is 2.38. The van der Waals surface area contributed by atoms with Crippen molar-refractivity contribution in [2.45, 2.75) is 64.4 Å². The number of hydrogen-bond acceptors (Lipinski definition) is 5. The fourth-order valence-electron chi connectivity index (χ4n) is 3.21. The predicted octanol–water partition coefficient (Wildman–Crippen LogP) is 3.89. The van der Waals surface area contributed by atoms with Gasteiger partial charge in [-0.3, -0.25) is 0 Å². The molecule has 0 amide bonds. The van der Waals surface area contributed by atoms with Crippen LogP contribution in [0.15, 0.2) is 23.8 Å². The van der Waals surface area contributed by atoms with Gasteiger partial charge in [0, 0.05) is 13.8 Å². The van der Waals surface area contributed by atoms with E-state index in [4.69, 9.17) is 14.2 Å². The van der Waals surface area contributed by atoms with Gasteiger partial charge in [0.2, 0.25) is 0 Å². The molecule has 140 valence electrons. The summed E-state index contributed by atoms with van der Waals surface area (Å²) in [6, 6.07) is 4.15. The molecule has 0 bridgehead atoms. The van der Waals surface area contributed by atoms with Crippen molar-refractivity contribution < 1.29 is 28.2 Å². The van der Waals surface area contributed by atoms with Gasteiger partial charge in [-0.1, -0.05) is 25.3 Å². The van der Waals surface area contributed by atoms with Crippen LogP contribution in [0.4, 0.5) is 4.39 Å². The number of ether oxygens (including phenoxy) is 3. The zero-order valence-corrected chi connectivity index (χ0v) is 15.0. The molecule has 2 aliphatic rings. The van der Waals surface area contributed by atoms with Crippen LogP contribution in [-0.2, 0) is 30.4 Å². The number of carbonyl (C=O) groups is 2. The number of hydrogen-bond donors (Lipinski definition) is 0. The first-order valence-electron chi connectivity index (χ1n) is 8.92. The molecular weight excluding hydrogens is 339 g/mol. The molecule has 1 saturated heterocycles. The van der Waals surface area contributed by atoms with Gasteiger partial charge in [-0.2, -0.15) is 0 Å². The van der Waals surface area contributed by atoms with Gasteiger partial charge in [-0.15, -0.1) is 0 Å². The standard InChI is InChI=1S/C20H23FO5/c1-20(2)25-18(22)17(19(23)26-20)11-13-8-9-15(21)10-14(13)12-24-16-6-4-3-5-7-16/h8-11,16H,3-7,12H2,1-2H3. The van der Waals surface area contributed by atoms with Crippen molar-refractivity contribution in [2.75, 3.05) is 0 Å². The number of rotatable bonds is 4. The molecule has 0 N–H and O–H groups in total. The third kappa shape index (κ3) is 4.49. The lowest BCUT2D eigenvalue weighted by Gasteiger charge is -2.29. The number of benzene rings is 1. The van der Waals surface area contributed by atoms with E-state index in [1.165, 1.54) is 44.5 Å². The quantitative estimate of drug-likeness (QED) is 0.462. The van der Waals surface area contributed by atoms with Crippen LogP contribution < -0.4 is 0 Å². The largest absolute Gasteiger partial charge is 0.419 e. The Morgan fingerprint density at radius 2 is 1.81 bits per heavy atom. The monoisotopic (exact) mass is 362 g/mol. The summed E-state index contributed by atoms with van der Waals surface area (Å²) >= 11 is 0. The predicted molar refractivity (Wildman–Crippen MR) is 92.3 cm³/mol. The highest BCUT2D eigenvalue weighted by molar-refractivity contribution is 6.18. The van der Waals surface area contributed by atoms with Crippen molar-refractivity contribution in [3.63, 3.8) is 0 Å². The minimum atomic E-state index is -1.29. The zero-order valence-electron chi connectivity index (χ0n) is 15.0. The zero-order chi connectivity index (χ0) is 18.7. The maximum absolute atomic E-state index is 13.7. The molecule has 26 heavy (non-hydrogen) atoms. The van der Waals surface area contributed by atoms with Crippen LogP contribution in [0.2, 0.25) is 0 Å². The maximum atomic E-state index is 13.7. The van der Waals surface area contributed by atoms with Gasteiger partial charge < -0.3 is 14.2 Å². The van der Waals surface area contributed by atoms with Crippen molar-refractivity contribution in [1.82, 2.24) is 0 Å². The van der Waals surface area contributed by atoms with Gasteiger partial charge in [-0.25, -0.2) is 14.0 Å². The van der Waals surface area contributed by atoms with E-state index in [0.29, 0.717) is 11.1 Å². The number of esters is 2. The topological polar surface area (TPSA) is 61.8 Å². The molecule has 0 radical (unpaired) electrons. The first kappa shape index (κ1) is 18.6. The second kappa shape index (κ2) is 7.58. The van der Waals surface area contributed by atoms with Crippen LogP contribution >= 0.6 is 0 Å². The molecular formula is C20H23FO5. The molecule has 1 saturated carbocycles. The lowest BCUT2D eigenvalue weighted by atomic mass is 9.97. The van der Waals surface area contributed by atoms with E-state index in [0.717, 1.165) is 25.7 Å². The summed E-state index contributed by atoms with van der Waals surface area (Å²) in [5.41, 5.74) is 0.897. The Morgan fingerprint density at radius 1 is 1.15 bits per heavy atom. The fraction of sp³-hybridized carbons (Fsp3) is 0.500. The van der Waals surface area contributed by atoms with Crippen LogP contribution in [0.3, 0.4) is 0 Å². The fourth-order valence-corrected chi connectivity index (χ4v) is 3.21. The van der Waals surface area contributed by atoms with E-state index in [-0.39, 0.29) is 18.3 Å². The molecule has 1 aliphatic heterocycles. The maximum Gasteiger partial charge on any atom is 0.348 e. The van der Waals surface area contributed by atoms with E-state index in [9.17, 15) is 14.0 Å². The molecule has 6 heteroatoms. The van der Waals surface area contributed by atoms with E-state index in [1.54, 1.807) is 0 Å². The average molecular weight is 362 g/mol. The number of cyclic esters (lactones) is 2. The molecule has 0 atom stereocenters. The molecule has 5 nitrogen and oxygen atoms in total. The summed E-state index contributed by atoms with van der Waals surface area (Å²) in [7, 11) is 0. The van der Waals surface area contributed by atoms with E-state index in [2.05, 4.69) is 0 Å². The van der Waals surface area contributed by atoms with Gasteiger partial charge in [-0.05, 0) is 42.2 Å². The van der Waals surface area contributed by atoms with Crippen LogP contribution in [0, 0.1) is 5.82 Å². The Balaban J connectivity index is 1.81. The van der Waals surface area contributed by atoms with Crippen LogP contribution in [0.25, 0.3) is 6.08 Å². The first-order valence-corrected chi connectivity index (χ1v) is 8.92. The molecule has 2 fully saturated rings. The molecule has 3 rings (SSSR count). The van der Waals surface area contributed by atoms with Crippen molar-refractivity contribution in [1.29, 1.82) is 0 Å². The Morgan fingerprint density at radius 3 is 2.46 bits per heavy atom. The van der Waals surface area contributed by atoms with E-state index < -0.39 is 23.5 Å². The Kier molecular flexibility index (Phi) is 5.41. The summed E-state index contributed by atoms with van der Waals surface area (Å²) in [6.07, 6.45) is 7.03. The van der Waals surface area contributed by atoms with Crippen LogP contribution in [0.1, 0.15) is 57.1 Å². The van der Waals surface area contributed by atoms with Crippen molar-refractivity contribution in [3.8, 4) is 0 Å². The second-order valence-electron chi connectivity index (χ2n) is 7.15. The Bertz CT molecular complexity index is 710. The van der Waals surface area contributed by atoms with Crippen LogP contribution in [0.5, 0.6) is 0 Å². The molecule has 0 unspecified atom stereocenters. The Hall–Kier alpha value is -2.21. The minimum Gasteiger partial charge on any atom is -0.419 e. The summed E-state index contributed by atoms with van der Waals surface area (Å²) in [5.74, 6) is -3.20. The van der Waals surface area contributed by atoms with Crippen molar-refractivity contribution in [3.05, 3.63) is 40.7 Å². The SMILES string of the molecule is CC1(C)OC(=O)C(=Cc2ccc(F)cc2COC2CCCCC2)C(=O)O1. The second-order valence-corrected chi connectivity index (χ2v) is 7.15. The third-order valence-electron chi connectivity index (χ3n) is 4.55. The highest BCUT2D eigenvalue weighted by atomic mass is 19.1. The average Bonchev–Trinajstić information content (AvgIpc) is 2.57. The Labute approximate surface area is 152 Å². The summed E-state index contributed by atoms with van der Waals surface area (Å²) in [5, 5.41) is 0. The van der Waals surface area contributed by atoms with E-state index >= 15 is 0 Å². The third-order valence-corrected chi connectivity index (χ3v) is 4.55. The van der Waals surface area contributed by atoms with Crippen LogP contribution in [-0.4, -0.2) is 23.8 Å². The number of halogens is 1. The molecule has 1 heterocycles. The molecule has 0 spiro atoms. The van der Waals surface area contributed by atoms with Gasteiger partial charge in [0.1, 0.15) is 11.4 Å². The summed E-state index contributed by atoms with van der Waals surface area (Å²) in [4.78, 5) is 24.2. The van der Waals surface area contributed by atoms with Gasteiger partial charge in [0.25, 0.3) is 5.79 Å².